The number of nitrogens with one attached hydrogen (secondary N) is 1. The number of benzene rings is 1. The summed E-state index contributed by atoms with van der Waals surface area (Å²) in [6.45, 7) is 3.84. The summed E-state index contributed by atoms with van der Waals surface area (Å²) >= 11 is 1.46. The van der Waals surface area contributed by atoms with Crippen LogP contribution in [0.3, 0.4) is 0 Å². The van der Waals surface area contributed by atoms with Gasteiger partial charge in [0.2, 0.25) is 0 Å². The predicted molar refractivity (Wildman–Crippen MR) is 81.9 cm³/mol. The van der Waals surface area contributed by atoms with Gasteiger partial charge in [-0.1, -0.05) is 37.3 Å². The molecule has 0 bridgehead atoms. The number of amides is 2. The van der Waals surface area contributed by atoms with Crippen LogP contribution in [0, 0.1) is 5.92 Å². The fraction of sp³-hybridized carbons (Fsp3) is 0.333. The van der Waals surface area contributed by atoms with E-state index < -0.39 is 0 Å². The molecule has 5 heteroatoms. The second-order valence-electron chi connectivity index (χ2n) is 5.17. The van der Waals surface area contributed by atoms with E-state index in [0.717, 1.165) is 30.8 Å². The summed E-state index contributed by atoms with van der Waals surface area (Å²) in [5.74, 6) is 0.594. The quantitative estimate of drug-likeness (QED) is 0.915. The van der Waals surface area contributed by atoms with Gasteiger partial charge in [-0.2, -0.15) is 0 Å². The van der Waals surface area contributed by atoms with Crippen LogP contribution >= 0.6 is 11.3 Å². The van der Waals surface area contributed by atoms with Gasteiger partial charge in [-0.3, -0.25) is 5.32 Å². The largest absolute Gasteiger partial charge is 0.324 e. The van der Waals surface area contributed by atoms with Crippen molar-refractivity contribution in [3.05, 3.63) is 35.7 Å². The summed E-state index contributed by atoms with van der Waals surface area (Å²) in [5.41, 5.74) is 1.97. The maximum absolute atomic E-state index is 12.1. The molecule has 1 atom stereocenters. The molecule has 1 aromatic heterocycles. The average Bonchev–Trinajstić information content (AvgIpc) is 3.09. The predicted octanol–water partition coefficient (Wildman–Crippen LogP) is 3.68. The molecule has 4 nitrogen and oxygen atoms in total. The highest BCUT2D eigenvalue weighted by Crippen LogP contribution is 2.25. The van der Waals surface area contributed by atoms with Crippen molar-refractivity contribution >= 4 is 22.5 Å². The van der Waals surface area contributed by atoms with E-state index in [9.17, 15) is 4.79 Å². The van der Waals surface area contributed by atoms with Gasteiger partial charge in [-0.15, -0.1) is 11.3 Å². The first-order valence-electron chi connectivity index (χ1n) is 6.79. The molecule has 0 radical (unpaired) electrons. The first kappa shape index (κ1) is 13.1. The third-order valence-electron chi connectivity index (χ3n) is 3.50. The van der Waals surface area contributed by atoms with Crippen LogP contribution in [0.5, 0.6) is 0 Å². The lowest BCUT2D eigenvalue weighted by atomic mass is 10.2. The van der Waals surface area contributed by atoms with Crippen LogP contribution in [0.15, 0.2) is 35.7 Å². The Labute approximate surface area is 122 Å². The Morgan fingerprint density at radius 3 is 2.90 bits per heavy atom. The molecule has 20 heavy (non-hydrogen) atoms. The Balaban J connectivity index is 1.67. The zero-order valence-corrected chi connectivity index (χ0v) is 12.2. The minimum atomic E-state index is -0.0386. The normalized spacial score (nSPS) is 18.2. The molecule has 0 saturated carbocycles. The van der Waals surface area contributed by atoms with Crippen molar-refractivity contribution in [2.75, 3.05) is 18.4 Å². The van der Waals surface area contributed by atoms with Crippen LogP contribution in [0.2, 0.25) is 0 Å². The molecular formula is C15H17N3OS. The fourth-order valence-corrected chi connectivity index (χ4v) is 3.07. The lowest BCUT2D eigenvalue weighted by molar-refractivity contribution is 0.221. The van der Waals surface area contributed by atoms with Crippen molar-refractivity contribution in [1.29, 1.82) is 0 Å². The number of hydrogen-bond acceptors (Lipinski definition) is 3. The second kappa shape index (κ2) is 5.63. The van der Waals surface area contributed by atoms with Crippen LogP contribution in [0.1, 0.15) is 13.3 Å². The number of carbonyl (C=O) groups excluding carboxylic acids is 1. The SMILES string of the molecule is C[C@@H]1CCN(C(=O)Nc2nc(-c3ccccc3)cs2)C1. The number of carbonyl (C=O) groups is 1. The molecule has 2 amide bonds. The number of aromatic nitrogens is 1. The highest BCUT2D eigenvalue weighted by atomic mass is 32.1. The average molecular weight is 287 g/mol. The van der Waals surface area contributed by atoms with Gasteiger partial charge in [0, 0.05) is 24.0 Å². The zero-order valence-electron chi connectivity index (χ0n) is 11.4. The first-order valence-corrected chi connectivity index (χ1v) is 7.67. The van der Waals surface area contributed by atoms with Crippen molar-refractivity contribution in [3.8, 4) is 11.3 Å². The van der Waals surface area contributed by atoms with Crippen LogP contribution in [0.25, 0.3) is 11.3 Å². The number of likely N-dealkylation sites (tertiary alicyclic amines) is 1. The van der Waals surface area contributed by atoms with E-state index in [4.69, 9.17) is 0 Å². The monoisotopic (exact) mass is 287 g/mol. The first-order chi connectivity index (χ1) is 9.72. The summed E-state index contributed by atoms with van der Waals surface area (Å²) < 4.78 is 0. The molecule has 104 valence electrons. The van der Waals surface area contributed by atoms with Crippen LogP contribution < -0.4 is 5.32 Å². The van der Waals surface area contributed by atoms with E-state index in [1.54, 1.807) is 0 Å². The molecular weight excluding hydrogens is 270 g/mol. The third-order valence-corrected chi connectivity index (χ3v) is 4.26. The zero-order chi connectivity index (χ0) is 13.9. The molecule has 3 rings (SSSR count). The van der Waals surface area contributed by atoms with E-state index in [2.05, 4.69) is 17.2 Å². The fourth-order valence-electron chi connectivity index (χ4n) is 2.36. The lowest BCUT2D eigenvalue weighted by Gasteiger charge is -2.15. The third kappa shape index (κ3) is 2.82. The summed E-state index contributed by atoms with van der Waals surface area (Å²) in [6.07, 6.45) is 1.08. The van der Waals surface area contributed by atoms with Gasteiger partial charge in [0.15, 0.2) is 5.13 Å². The van der Waals surface area contributed by atoms with Crippen LogP contribution in [-0.4, -0.2) is 29.0 Å². The van der Waals surface area contributed by atoms with Crippen molar-refractivity contribution in [2.45, 2.75) is 13.3 Å². The maximum Gasteiger partial charge on any atom is 0.323 e. The van der Waals surface area contributed by atoms with Crippen LogP contribution in [-0.2, 0) is 0 Å². The van der Waals surface area contributed by atoms with Crippen LogP contribution in [0.4, 0.5) is 9.93 Å². The minimum absolute atomic E-state index is 0.0386. The number of nitrogens with zero attached hydrogens (tertiary/aromatic N) is 2. The minimum Gasteiger partial charge on any atom is -0.324 e. The van der Waals surface area contributed by atoms with E-state index in [1.807, 2.05) is 40.6 Å². The van der Waals surface area contributed by atoms with Gasteiger partial charge in [0.25, 0.3) is 0 Å². The number of urea groups is 1. The topological polar surface area (TPSA) is 45.2 Å². The van der Waals surface area contributed by atoms with Crippen molar-refractivity contribution in [3.63, 3.8) is 0 Å². The van der Waals surface area contributed by atoms with Gasteiger partial charge in [0.1, 0.15) is 0 Å². The van der Waals surface area contributed by atoms with Gasteiger partial charge in [0.05, 0.1) is 5.69 Å². The van der Waals surface area contributed by atoms with E-state index in [0.29, 0.717) is 11.0 Å². The molecule has 1 fully saturated rings. The molecule has 1 N–H and O–H groups in total. The van der Waals surface area contributed by atoms with Gasteiger partial charge < -0.3 is 4.90 Å². The van der Waals surface area contributed by atoms with Crippen molar-refractivity contribution < 1.29 is 4.79 Å². The molecule has 2 aromatic rings. The number of rotatable bonds is 2. The maximum atomic E-state index is 12.1. The Kier molecular flexibility index (Phi) is 3.69. The second-order valence-corrected chi connectivity index (χ2v) is 6.03. The molecule has 0 aliphatic carbocycles. The molecule has 1 aliphatic heterocycles. The molecule has 1 aromatic carbocycles. The van der Waals surface area contributed by atoms with Crippen molar-refractivity contribution in [1.82, 2.24) is 9.88 Å². The molecule has 0 spiro atoms. The smallest absolute Gasteiger partial charge is 0.323 e. The molecule has 1 aliphatic rings. The van der Waals surface area contributed by atoms with Gasteiger partial charge in [-0.05, 0) is 12.3 Å². The van der Waals surface area contributed by atoms with Gasteiger partial charge in [-0.25, -0.2) is 9.78 Å². The standard InChI is InChI=1S/C15H17N3OS/c1-11-7-8-18(9-11)15(19)17-14-16-13(10-20-14)12-5-3-2-4-6-12/h2-6,10-11H,7-9H2,1H3,(H,16,17,19)/t11-/m1/s1. The lowest BCUT2D eigenvalue weighted by Crippen LogP contribution is -2.32. The highest BCUT2D eigenvalue weighted by Gasteiger charge is 2.23. The summed E-state index contributed by atoms with van der Waals surface area (Å²) in [7, 11) is 0. The summed E-state index contributed by atoms with van der Waals surface area (Å²) in [4.78, 5) is 18.4. The molecule has 2 heterocycles. The Morgan fingerprint density at radius 2 is 2.20 bits per heavy atom. The molecule has 1 saturated heterocycles. The molecule has 0 unspecified atom stereocenters. The van der Waals surface area contributed by atoms with E-state index >= 15 is 0 Å². The van der Waals surface area contributed by atoms with E-state index in [-0.39, 0.29) is 6.03 Å². The number of hydrogen-bond donors (Lipinski definition) is 1. The Bertz CT molecular complexity index is 596. The van der Waals surface area contributed by atoms with Crippen molar-refractivity contribution in [2.24, 2.45) is 5.92 Å². The summed E-state index contributed by atoms with van der Waals surface area (Å²) in [6, 6.07) is 9.94. The Morgan fingerprint density at radius 1 is 1.40 bits per heavy atom. The number of thiazole rings is 1. The number of anilines is 1. The van der Waals surface area contributed by atoms with E-state index in [1.165, 1.54) is 11.3 Å². The highest BCUT2D eigenvalue weighted by molar-refractivity contribution is 7.14. The van der Waals surface area contributed by atoms with Gasteiger partial charge >= 0.3 is 6.03 Å². The Hall–Kier alpha value is -1.88. The summed E-state index contributed by atoms with van der Waals surface area (Å²) in [5, 5.41) is 5.52.